The van der Waals surface area contributed by atoms with Gasteiger partial charge in [-0.3, -0.25) is 9.69 Å². The van der Waals surface area contributed by atoms with E-state index in [-0.39, 0.29) is 23.8 Å². The van der Waals surface area contributed by atoms with E-state index in [4.69, 9.17) is 9.47 Å². The van der Waals surface area contributed by atoms with Crippen molar-refractivity contribution in [1.82, 2.24) is 9.88 Å². The number of fused-ring (bicyclic) bond motifs is 1. The number of halogens is 1. The number of hydrogen-bond donors (Lipinski definition) is 1. The average molecular weight is 468 g/mol. The highest BCUT2D eigenvalue weighted by atomic mass is 19.1. The van der Waals surface area contributed by atoms with Crippen LogP contribution in [0.5, 0.6) is 0 Å². The number of nitrogens with one attached hydrogen (secondary N) is 1. The first kappa shape index (κ1) is 22.4. The van der Waals surface area contributed by atoms with Crippen molar-refractivity contribution < 1.29 is 18.7 Å². The van der Waals surface area contributed by atoms with Gasteiger partial charge in [-0.1, -0.05) is 6.07 Å². The van der Waals surface area contributed by atoms with Gasteiger partial charge in [-0.2, -0.15) is 0 Å². The smallest absolute Gasteiger partial charge is 0.229 e. The molecule has 34 heavy (non-hydrogen) atoms. The highest BCUT2D eigenvalue weighted by molar-refractivity contribution is 5.96. The number of benzene rings is 1. The average Bonchev–Trinajstić information content (AvgIpc) is 3.14. The molecule has 6 rings (SSSR count). The predicted molar refractivity (Wildman–Crippen MR) is 129 cm³/mol. The van der Waals surface area contributed by atoms with Crippen LogP contribution in [0.25, 0.3) is 10.8 Å². The Morgan fingerprint density at radius 3 is 2.71 bits per heavy atom. The maximum atomic E-state index is 14.5. The molecule has 1 aliphatic carbocycles. The Hall–Kier alpha value is -2.09. The van der Waals surface area contributed by atoms with Crippen molar-refractivity contribution in [3.05, 3.63) is 35.5 Å². The van der Waals surface area contributed by atoms with Gasteiger partial charge in [0.2, 0.25) is 5.91 Å². The van der Waals surface area contributed by atoms with Gasteiger partial charge < -0.3 is 14.8 Å². The summed E-state index contributed by atoms with van der Waals surface area (Å²) >= 11 is 0. The van der Waals surface area contributed by atoms with E-state index in [9.17, 15) is 9.18 Å². The SMILES string of the molecule is Cc1cc2cnc(NC(=O)[C@H]3CC34CCOC4)cc2cc1C1CCN([C@@]2(C)COC[C@H]2F)CC1. The van der Waals surface area contributed by atoms with Crippen LogP contribution >= 0.6 is 0 Å². The molecule has 1 saturated carbocycles. The number of hydrogen-bond acceptors (Lipinski definition) is 5. The van der Waals surface area contributed by atoms with Gasteiger partial charge in [0.25, 0.3) is 0 Å². The molecule has 0 bridgehead atoms. The summed E-state index contributed by atoms with van der Waals surface area (Å²) in [6.07, 6.45) is 4.86. The summed E-state index contributed by atoms with van der Waals surface area (Å²) in [5.74, 6) is 1.17. The molecule has 0 radical (unpaired) electrons. The van der Waals surface area contributed by atoms with E-state index in [1.165, 1.54) is 11.1 Å². The second kappa shape index (κ2) is 8.25. The van der Waals surface area contributed by atoms with E-state index >= 15 is 0 Å². The summed E-state index contributed by atoms with van der Waals surface area (Å²) in [6, 6.07) is 6.46. The Kier molecular flexibility index (Phi) is 5.43. The fourth-order valence-electron chi connectivity index (χ4n) is 6.45. The van der Waals surface area contributed by atoms with Crippen molar-refractivity contribution in [2.24, 2.45) is 11.3 Å². The normalized spacial score (nSPS) is 34.2. The summed E-state index contributed by atoms with van der Waals surface area (Å²) in [5, 5.41) is 5.23. The van der Waals surface area contributed by atoms with Crippen molar-refractivity contribution in [3.63, 3.8) is 0 Å². The van der Waals surface area contributed by atoms with Crippen molar-refractivity contribution in [3.8, 4) is 0 Å². The number of aromatic nitrogens is 1. The number of nitrogens with zero attached hydrogens (tertiary/aromatic N) is 2. The first-order valence-electron chi connectivity index (χ1n) is 12.6. The topological polar surface area (TPSA) is 63.7 Å². The lowest BCUT2D eigenvalue weighted by molar-refractivity contribution is -0.118. The number of aryl methyl sites for hydroxylation is 1. The van der Waals surface area contributed by atoms with Gasteiger partial charge in [0.15, 0.2) is 0 Å². The van der Waals surface area contributed by atoms with Gasteiger partial charge in [-0.05, 0) is 87.2 Å². The van der Waals surface area contributed by atoms with Crippen molar-refractivity contribution in [2.75, 3.05) is 44.8 Å². The third-order valence-corrected chi connectivity index (χ3v) is 8.99. The van der Waals surface area contributed by atoms with Gasteiger partial charge in [0, 0.05) is 29.5 Å². The maximum Gasteiger partial charge on any atom is 0.229 e. The molecule has 7 heteroatoms. The molecule has 4 fully saturated rings. The number of alkyl halides is 1. The molecule has 1 amide bonds. The Morgan fingerprint density at radius 2 is 2.00 bits per heavy atom. The summed E-state index contributed by atoms with van der Waals surface area (Å²) in [5.41, 5.74) is 2.20. The van der Waals surface area contributed by atoms with Gasteiger partial charge in [0.1, 0.15) is 12.0 Å². The zero-order chi connectivity index (χ0) is 23.5. The molecule has 4 atom stereocenters. The quantitative estimate of drug-likeness (QED) is 0.730. The highest BCUT2D eigenvalue weighted by Crippen LogP contribution is 2.58. The van der Waals surface area contributed by atoms with E-state index in [0.29, 0.717) is 24.9 Å². The molecule has 4 heterocycles. The number of amides is 1. The number of pyridine rings is 1. The lowest BCUT2D eigenvalue weighted by Gasteiger charge is -2.43. The van der Waals surface area contributed by atoms with E-state index in [0.717, 1.165) is 56.2 Å². The van der Waals surface area contributed by atoms with Crippen LogP contribution in [-0.2, 0) is 14.3 Å². The summed E-state index contributed by atoms with van der Waals surface area (Å²) in [6.45, 7) is 8.08. The van der Waals surface area contributed by atoms with Gasteiger partial charge in [0.05, 0.1) is 25.4 Å². The van der Waals surface area contributed by atoms with Gasteiger partial charge in [-0.25, -0.2) is 9.37 Å². The third-order valence-electron chi connectivity index (χ3n) is 8.99. The largest absolute Gasteiger partial charge is 0.381 e. The van der Waals surface area contributed by atoms with Gasteiger partial charge in [-0.15, -0.1) is 0 Å². The maximum absolute atomic E-state index is 14.5. The van der Waals surface area contributed by atoms with E-state index in [1.807, 2.05) is 19.2 Å². The van der Waals surface area contributed by atoms with E-state index in [1.54, 1.807) is 0 Å². The van der Waals surface area contributed by atoms with Crippen molar-refractivity contribution >= 4 is 22.5 Å². The summed E-state index contributed by atoms with van der Waals surface area (Å²) in [7, 11) is 0. The van der Waals surface area contributed by atoms with Crippen molar-refractivity contribution in [2.45, 2.75) is 57.2 Å². The Bertz CT molecular complexity index is 1110. The zero-order valence-corrected chi connectivity index (χ0v) is 20.1. The molecule has 1 aromatic carbocycles. The van der Waals surface area contributed by atoms with Crippen LogP contribution in [0.3, 0.4) is 0 Å². The molecule has 2 aromatic rings. The molecular weight excluding hydrogens is 433 g/mol. The molecule has 6 nitrogen and oxygen atoms in total. The first-order valence-corrected chi connectivity index (χ1v) is 12.6. The van der Waals surface area contributed by atoms with Crippen LogP contribution in [0.4, 0.5) is 10.2 Å². The van der Waals surface area contributed by atoms with Gasteiger partial charge >= 0.3 is 0 Å². The van der Waals surface area contributed by atoms with Crippen LogP contribution in [0.2, 0.25) is 0 Å². The molecule has 3 saturated heterocycles. The van der Waals surface area contributed by atoms with Crippen LogP contribution in [0.15, 0.2) is 24.4 Å². The molecule has 4 aliphatic rings. The van der Waals surface area contributed by atoms with Crippen LogP contribution in [0, 0.1) is 18.3 Å². The Morgan fingerprint density at radius 1 is 1.18 bits per heavy atom. The van der Waals surface area contributed by atoms with E-state index < -0.39 is 11.7 Å². The monoisotopic (exact) mass is 467 g/mol. The number of anilines is 1. The molecule has 3 aliphatic heterocycles. The Labute approximate surface area is 200 Å². The zero-order valence-electron chi connectivity index (χ0n) is 20.1. The lowest BCUT2D eigenvalue weighted by atomic mass is 9.83. The lowest BCUT2D eigenvalue weighted by Crippen LogP contribution is -2.55. The number of likely N-dealkylation sites (tertiary alicyclic amines) is 1. The van der Waals surface area contributed by atoms with Crippen molar-refractivity contribution in [1.29, 1.82) is 0 Å². The number of piperidine rings is 1. The predicted octanol–water partition coefficient (Wildman–Crippen LogP) is 4.21. The highest BCUT2D eigenvalue weighted by Gasteiger charge is 2.59. The molecule has 1 spiro atoms. The molecule has 1 unspecified atom stereocenters. The minimum Gasteiger partial charge on any atom is -0.381 e. The Balaban J connectivity index is 1.16. The fourth-order valence-corrected chi connectivity index (χ4v) is 6.45. The standard InChI is InChI=1S/C27H34FN3O3/c1-17-9-20-13-29-24(30-25(32)22-12-27(22)5-8-33-16-27)11-19(20)10-21(17)18-3-6-31(7-4-18)26(2)15-34-14-23(26)28/h9-11,13,18,22-23H,3-8,12,14-16H2,1-2H3,(H,29,30,32)/t22-,23-,26+,27?/m1/s1. The number of ether oxygens (including phenoxy) is 2. The van der Waals surface area contributed by atoms with E-state index in [2.05, 4.69) is 34.3 Å². The summed E-state index contributed by atoms with van der Waals surface area (Å²) in [4.78, 5) is 19.6. The molecular formula is C27H34FN3O3. The molecule has 1 aromatic heterocycles. The third kappa shape index (κ3) is 3.73. The minimum atomic E-state index is -0.917. The second-order valence-corrected chi connectivity index (χ2v) is 11.1. The van der Waals surface area contributed by atoms with Crippen LogP contribution < -0.4 is 5.32 Å². The fraction of sp³-hybridized carbons (Fsp3) is 0.630. The van der Waals surface area contributed by atoms with Crippen LogP contribution in [-0.4, -0.2) is 67.0 Å². The number of carbonyl (C=O) groups excluding carboxylic acids is 1. The van der Waals surface area contributed by atoms with Crippen LogP contribution in [0.1, 0.15) is 49.7 Å². The summed E-state index contributed by atoms with van der Waals surface area (Å²) < 4.78 is 25.4. The number of rotatable bonds is 4. The minimum absolute atomic E-state index is 0.0438. The second-order valence-electron chi connectivity index (χ2n) is 11.1. The first-order chi connectivity index (χ1) is 16.4. The number of carbonyl (C=O) groups is 1. The molecule has 1 N–H and O–H groups in total. The molecule has 182 valence electrons.